The van der Waals surface area contributed by atoms with Gasteiger partial charge in [-0.1, -0.05) is 45.4 Å². The van der Waals surface area contributed by atoms with Crippen molar-refractivity contribution in [2.24, 2.45) is 0 Å². The molecule has 2 fully saturated rings. The summed E-state index contributed by atoms with van der Waals surface area (Å²) in [4.78, 5) is 46.9. The Bertz CT molecular complexity index is 991. The number of hydrogen-bond acceptors (Lipinski definition) is 7. The van der Waals surface area contributed by atoms with Crippen LogP contribution in [0.15, 0.2) is 0 Å². The largest absolute Gasteiger partial charge is 0.456 e. The maximum absolute atomic E-state index is 13.6. The van der Waals surface area contributed by atoms with Crippen LogP contribution in [0, 0.1) is 6.92 Å². The number of nitrogens with one attached hydrogen (secondary N) is 2. The lowest BCUT2D eigenvalue weighted by Gasteiger charge is -2.36. The summed E-state index contributed by atoms with van der Waals surface area (Å²) in [5, 5.41) is 6.11. The Labute approximate surface area is 251 Å². The first-order valence-electron chi connectivity index (χ1n) is 15.7. The summed E-state index contributed by atoms with van der Waals surface area (Å²) in [6.45, 7) is 17.5. The van der Waals surface area contributed by atoms with Gasteiger partial charge in [-0.05, 0) is 65.6 Å². The molecule has 0 spiro atoms. The average Bonchev–Trinajstić information content (AvgIpc) is 3.26. The number of thiophene rings is 1. The molecule has 0 radical (unpaired) electrons. The molecule has 2 saturated heterocycles. The van der Waals surface area contributed by atoms with Crippen molar-refractivity contribution in [1.29, 1.82) is 0 Å². The quantitative estimate of drug-likeness (QED) is 0.225. The zero-order chi connectivity index (χ0) is 29.8. The minimum Gasteiger partial charge on any atom is -0.456 e. The van der Waals surface area contributed by atoms with Crippen LogP contribution in [0.5, 0.6) is 0 Å². The minimum absolute atomic E-state index is 0.0893. The number of piperidine rings is 1. The van der Waals surface area contributed by atoms with Crippen molar-refractivity contribution in [3.05, 3.63) is 16.0 Å². The van der Waals surface area contributed by atoms with E-state index in [0.717, 1.165) is 39.0 Å². The first-order valence-corrected chi connectivity index (χ1v) is 16.6. The van der Waals surface area contributed by atoms with Crippen LogP contribution in [0.3, 0.4) is 0 Å². The molecule has 0 unspecified atom stereocenters. The van der Waals surface area contributed by atoms with E-state index in [9.17, 15) is 14.4 Å². The lowest BCUT2D eigenvalue weighted by Crippen LogP contribution is -2.50. The van der Waals surface area contributed by atoms with E-state index in [1.54, 1.807) is 6.92 Å². The third kappa shape index (κ3) is 10.9. The Hall–Kier alpha value is -2.17. The molecule has 3 rings (SSSR count). The smallest absolute Gasteiger partial charge is 0.341 e. The van der Waals surface area contributed by atoms with E-state index in [2.05, 4.69) is 27.4 Å². The van der Waals surface area contributed by atoms with Gasteiger partial charge in [-0.3, -0.25) is 15.0 Å². The Morgan fingerprint density at radius 1 is 0.854 bits per heavy atom. The van der Waals surface area contributed by atoms with Gasteiger partial charge >= 0.3 is 12.0 Å². The molecule has 3 heterocycles. The number of ether oxygens (including phenoxy) is 1. The van der Waals surface area contributed by atoms with Crippen LogP contribution in [0.1, 0.15) is 111 Å². The molecule has 0 bridgehead atoms. The van der Waals surface area contributed by atoms with Crippen LogP contribution in [0.2, 0.25) is 0 Å². The number of nitrogens with zero attached hydrogens (tertiary/aromatic N) is 3. The molecule has 10 heteroatoms. The molecular weight excluding hydrogens is 538 g/mol. The predicted octanol–water partition coefficient (Wildman–Crippen LogP) is 5.74. The number of rotatable bonds is 13. The van der Waals surface area contributed by atoms with E-state index in [0.29, 0.717) is 35.1 Å². The third-order valence-corrected chi connectivity index (χ3v) is 9.02. The van der Waals surface area contributed by atoms with Gasteiger partial charge < -0.3 is 19.9 Å². The SMILES string of the molecule is CCCCCCCCNC(=O)Nc1sc(C(=O)N2CCN(CCN3CCCCC3)CC2)c(C)c1C(=O)OC(C)(C)C. The predicted molar refractivity (Wildman–Crippen MR) is 167 cm³/mol. The van der Waals surface area contributed by atoms with Gasteiger partial charge in [-0.25, -0.2) is 9.59 Å². The first-order chi connectivity index (χ1) is 19.6. The van der Waals surface area contributed by atoms with Gasteiger partial charge in [-0.2, -0.15) is 0 Å². The monoisotopic (exact) mass is 591 g/mol. The second kappa shape index (κ2) is 16.5. The van der Waals surface area contributed by atoms with E-state index in [1.165, 1.54) is 69.4 Å². The summed E-state index contributed by atoms with van der Waals surface area (Å²) < 4.78 is 5.66. The van der Waals surface area contributed by atoms with Crippen molar-refractivity contribution in [2.75, 3.05) is 64.2 Å². The number of anilines is 1. The second-order valence-electron chi connectivity index (χ2n) is 12.4. The van der Waals surface area contributed by atoms with Crippen LogP contribution in [0.4, 0.5) is 9.80 Å². The summed E-state index contributed by atoms with van der Waals surface area (Å²) in [5.41, 5.74) is 0.133. The molecule has 0 saturated carbocycles. The Morgan fingerprint density at radius 2 is 1.46 bits per heavy atom. The maximum atomic E-state index is 13.6. The average molecular weight is 592 g/mol. The molecule has 0 atom stereocenters. The summed E-state index contributed by atoms with van der Waals surface area (Å²) in [5.74, 6) is -0.618. The third-order valence-electron chi connectivity index (χ3n) is 7.83. The van der Waals surface area contributed by atoms with Gasteiger partial charge in [0.05, 0.1) is 10.4 Å². The number of carbonyl (C=O) groups is 3. The van der Waals surface area contributed by atoms with Gasteiger partial charge in [0.2, 0.25) is 0 Å². The number of carbonyl (C=O) groups excluding carboxylic acids is 3. The van der Waals surface area contributed by atoms with E-state index < -0.39 is 11.6 Å². The number of hydrogen-bond donors (Lipinski definition) is 2. The van der Waals surface area contributed by atoms with E-state index in [4.69, 9.17) is 4.74 Å². The van der Waals surface area contributed by atoms with Crippen molar-refractivity contribution >= 4 is 34.2 Å². The molecule has 41 heavy (non-hydrogen) atoms. The number of amides is 3. The lowest BCUT2D eigenvalue weighted by molar-refractivity contribution is 0.00705. The van der Waals surface area contributed by atoms with Crippen molar-refractivity contribution in [3.63, 3.8) is 0 Å². The normalized spacial score (nSPS) is 17.0. The molecule has 1 aromatic heterocycles. The van der Waals surface area contributed by atoms with Crippen LogP contribution >= 0.6 is 11.3 Å². The Kier molecular flexibility index (Phi) is 13.4. The second-order valence-corrected chi connectivity index (χ2v) is 13.5. The van der Waals surface area contributed by atoms with Crippen molar-refractivity contribution in [1.82, 2.24) is 20.0 Å². The highest BCUT2D eigenvalue weighted by Gasteiger charge is 2.32. The number of unbranched alkanes of at least 4 members (excludes halogenated alkanes) is 5. The van der Waals surface area contributed by atoms with Crippen LogP contribution < -0.4 is 10.6 Å². The van der Waals surface area contributed by atoms with Crippen LogP contribution in [0.25, 0.3) is 0 Å². The van der Waals surface area contributed by atoms with Gasteiger partial charge in [0.25, 0.3) is 5.91 Å². The molecule has 2 aliphatic heterocycles. The maximum Gasteiger partial charge on any atom is 0.341 e. The fraction of sp³-hybridized carbons (Fsp3) is 0.774. The lowest BCUT2D eigenvalue weighted by atomic mass is 10.1. The first kappa shape index (κ1) is 33.3. The number of piperazine rings is 1. The highest BCUT2D eigenvalue weighted by molar-refractivity contribution is 7.18. The molecule has 1 aromatic rings. The summed E-state index contributed by atoms with van der Waals surface area (Å²) >= 11 is 1.17. The zero-order valence-corrected chi connectivity index (χ0v) is 26.9. The molecule has 0 aliphatic carbocycles. The topological polar surface area (TPSA) is 94.2 Å². The van der Waals surface area contributed by atoms with Gasteiger partial charge in [-0.15, -0.1) is 11.3 Å². The van der Waals surface area contributed by atoms with Crippen molar-refractivity contribution in [3.8, 4) is 0 Å². The molecule has 2 aliphatic rings. The van der Waals surface area contributed by atoms with Gasteiger partial charge in [0.15, 0.2) is 0 Å². The highest BCUT2D eigenvalue weighted by Crippen LogP contribution is 2.35. The van der Waals surface area contributed by atoms with Crippen molar-refractivity contribution < 1.29 is 19.1 Å². The Morgan fingerprint density at radius 3 is 2.10 bits per heavy atom. The zero-order valence-electron chi connectivity index (χ0n) is 26.1. The fourth-order valence-electron chi connectivity index (χ4n) is 5.42. The van der Waals surface area contributed by atoms with Gasteiger partial charge in [0.1, 0.15) is 10.6 Å². The molecule has 0 aromatic carbocycles. The molecule has 232 valence electrons. The van der Waals surface area contributed by atoms with E-state index >= 15 is 0 Å². The fourth-order valence-corrected chi connectivity index (χ4v) is 6.58. The summed E-state index contributed by atoms with van der Waals surface area (Å²) in [6, 6.07) is -0.370. The number of esters is 1. The molecular formula is C31H53N5O4S. The number of likely N-dealkylation sites (tertiary alicyclic amines) is 1. The van der Waals surface area contributed by atoms with E-state index in [1.807, 2.05) is 25.7 Å². The standard InChI is InChI=1S/C31H53N5O4S/c1-6-7-8-9-10-12-15-32-30(39)33-27-25(29(38)40-31(3,4)5)24(2)26(41-27)28(37)36-22-20-35(21-23-36)19-18-34-16-13-11-14-17-34/h6-23H2,1-5H3,(H2,32,33,39). The Balaban J connectivity index is 1.61. The van der Waals surface area contributed by atoms with Crippen molar-refractivity contribution in [2.45, 2.75) is 98.0 Å². The summed E-state index contributed by atoms with van der Waals surface area (Å²) in [7, 11) is 0. The minimum atomic E-state index is -0.697. The highest BCUT2D eigenvalue weighted by atomic mass is 32.1. The van der Waals surface area contributed by atoms with Gasteiger partial charge in [0, 0.05) is 45.8 Å². The van der Waals surface area contributed by atoms with Crippen LogP contribution in [-0.4, -0.2) is 97.1 Å². The van der Waals surface area contributed by atoms with Crippen LogP contribution in [-0.2, 0) is 4.74 Å². The molecule has 3 amide bonds. The summed E-state index contributed by atoms with van der Waals surface area (Å²) in [6.07, 6.45) is 10.8. The van der Waals surface area contributed by atoms with E-state index in [-0.39, 0.29) is 17.5 Å². The molecule has 9 nitrogen and oxygen atoms in total. The molecule has 2 N–H and O–H groups in total. The number of urea groups is 1.